The molecular formula is C42H42N8O5. The number of aromatic nitrogens is 4. The first-order chi connectivity index (χ1) is 26.8. The summed E-state index contributed by atoms with van der Waals surface area (Å²) < 4.78 is 8.16. The molecule has 55 heavy (non-hydrogen) atoms. The lowest BCUT2D eigenvalue weighted by atomic mass is 9.90. The van der Waals surface area contributed by atoms with Gasteiger partial charge in [0, 0.05) is 50.7 Å². The van der Waals surface area contributed by atoms with Crippen LogP contribution >= 0.6 is 0 Å². The molecule has 13 nitrogen and oxygen atoms in total. The molecule has 2 aromatic heterocycles. The molecule has 4 aliphatic rings. The third kappa shape index (κ3) is 6.57. The molecule has 1 saturated carbocycles. The number of aryl methyl sites for hydroxylation is 1. The van der Waals surface area contributed by atoms with Crippen molar-refractivity contribution in [3.8, 4) is 22.8 Å². The van der Waals surface area contributed by atoms with Gasteiger partial charge in [-0.2, -0.15) is 5.10 Å². The number of ether oxygens (including phenoxy) is 1. The van der Waals surface area contributed by atoms with Crippen LogP contribution in [0, 0.1) is 6.92 Å². The van der Waals surface area contributed by atoms with Crippen LogP contribution in [0.1, 0.15) is 76.5 Å². The quantitative estimate of drug-likeness (QED) is 0.209. The highest BCUT2D eigenvalue weighted by Crippen LogP contribution is 2.37. The molecule has 1 N–H and O–H groups in total. The number of nitrogens with zero attached hydrogens (tertiary/aromatic N) is 7. The highest BCUT2D eigenvalue weighted by molar-refractivity contribution is 6.24. The van der Waals surface area contributed by atoms with Gasteiger partial charge in [0.1, 0.15) is 29.6 Å². The summed E-state index contributed by atoms with van der Waals surface area (Å²) in [6.45, 7) is 6.10. The van der Waals surface area contributed by atoms with Gasteiger partial charge in [-0.25, -0.2) is 14.6 Å². The Morgan fingerprint density at radius 2 is 1.49 bits per heavy atom. The number of para-hydroxylation sites is 1. The van der Waals surface area contributed by atoms with Crippen LogP contribution in [0.25, 0.3) is 22.3 Å². The second-order valence-corrected chi connectivity index (χ2v) is 15.0. The number of piperidine rings is 1. The summed E-state index contributed by atoms with van der Waals surface area (Å²) >= 11 is 0. The van der Waals surface area contributed by atoms with Crippen molar-refractivity contribution in [2.75, 3.05) is 26.2 Å². The van der Waals surface area contributed by atoms with Gasteiger partial charge in [-0.1, -0.05) is 30.3 Å². The van der Waals surface area contributed by atoms with Gasteiger partial charge in [-0.05, 0) is 87.1 Å². The van der Waals surface area contributed by atoms with Crippen molar-refractivity contribution in [3.05, 3.63) is 102 Å². The first kappa shape index (κ1) is 34.9. The summed E-state index contributed by atoms with van der Waals surface area (Å²) in [5.41, 5.74) is 5.16. The van der Waals surface area contributed by atoms with Crippen LogP contribution < -0.4 is 10.1 Å². The van der Waals surface area contributed by atoms with Crippen molar-refractivity contribution in [1.29, 1.82) is 0 Å². The molecule has 1 unspecified atom stereocenters. The van der Waals surface area contributed by atoms with E-state index in [4.69, 9.17) is 14.8 Å². The van der Waals surface area contributed by atoms with E-state index in [0.717, 1.165) is 102 Å². The lowest BCUT2D eigenvalue weighted by Crippen LogP contribution is -2.54. The maximum Gasteiger partial charge on any atom is 0.262 e. The largest absolute Gasteiger partial charge is 0.457 e. The van der Waals surface area contributed by atoms with E-state index in [1.807, 2.05) is 67.6 Å². The Balaban J connectivity index is 0.831. The number of amides is 4. The van der Waals surface area contributed by atoms with Gasteiger partial charge < -0.3 is 4.74 Å². The fraction of sp³-hybridized carbons (Fsp3) is 0.357. The monoisotopic (exact) mass is 738 g/mol. The average molecular weight is 739 g/mol. The van der Waals surface area contributed by atoms with E-state index in [2.05, 4.69) is 24.8 Å². The Labute approximate surface area is 318 Å². The lowest BCUT2D eigenvalue weighted by molar-refractivity contribution is -0.136. The highest BCUT2D eigenvalue weighted by atomic mass is 16.5. The Bertz CT molecular complexity index is 2290. The fourth-order valence-electron chi connectivity index (χ4n) is 8.79. The topological polar surface area (TPSA) is 143 Å². The van der Waals surface area contributed by atoms with Gasteiger partial charge in [0.05, 0.1) is 28.2 Å². The summed E-state index contributed by atoms with van der Waals surface area (Å²) in [6, 6.07) is 22.9. The van der Waals surface area contributed by atoms with E-state index in [9.17, 15) is 19.2 Å². The number of piperazine rings is 1. The number of carbonyl (C=O) groups excluding carboxylic acids is 4. The van der Waals surface area contributed by atoms with Crippen molar-refractivity contribution in [1.82, 2.24) is 39.8 Å². The molecule has 4 amide bonds. The molecule has 1 atom stereocenters. The van der Waals surface area contributed by atoms with Crippen LogP contribution in [0.3, 0.4) is 0 Å². The second kappa shape index (κ2) is 14.5. The SMILES string of the molecule is Cc1ncnc2c1c(-c1ccc(Oc3ccccc3)cc1)nn2C1CCC(N2CCN(Cc3cccc4c3C(=O)N(C3CCC(=O)NC3=O)C4=O)CC2)CC1. The Hall–Kier alpha value is -5.79. The van der Waals surface area contributed by atoms with E-state index in [-0.39, 0.29) is 24.8 Å². The zero-order chi connectivity index (χ0) is 37.6. The van der Waals surface area contributed by atoms with E-state index in [0.29, 0.717) is 23.7 Å². The van der Waals surface area contributed by atoms with Crippen molar-refractivity contribution in [2.45, 2.75) is 70.1 Å². The summed E-state index contributed by atoms with van der Waals surface area (Å²) in [4.78, 5) is 66.4. The molecule has 2 saturated heterocycles. The normalized spacial score (nSPS) is 22.3. The first-order valence-electron chi connectivity index (χ1n) is 19.2. The summed E-state index contributed by atoms with van der Waals surface area (Å²) in [5, 5.41) is 8.44. The molecule has 3 aliphatic heterocycles. The third-order valence-electron chi connectivity index (χ3n) is 11.7. The highest BCUT2D eigenvalue weighted by Gasteiger charge is 2.45. The predicted octanol–water partition coefficient (Wildman–Crippen LogP) is 5.30. The molecule has 0 radical (unpaired) electrons. The Morgan fingerprint density at radius 1 is 0.764 bits per heavy atom. The van der Waals surface area contributed by atoms with Crippen molar-refractivity contribution in [3.63, 3.8) is 0 Å². The molecule has 3 fully saturated rings. The van der Waals surface area contributed by atoms with Gasteiger partial charge in [0.25, 0.3) is 11.8 Å². The zero-order valence-electron chi connectivity index (χ0n) is 30.7. The van der Waals surface area contributed by atoms with Crippen LogP contribution in [0.2, 0.25) is 0 Å². The molecule has 3 aromatic carbocycles. The molecule has 5 heterocycles. The van der Waals surface area contributed by atoms with Crippen molar-refractivity contribution < 1.29 is 23.9 Å². The minimum absolute atomic E-state index is 0.0971. The smallest absolute Gasteiger partial charge is 0.262 e. The van der Waals surface area contributed by atoms with Gasteiger partial charge in [-0.3, -0.25) is 39.2 Å². The van der Waals surface area contributed by atoms with Crippen LogP contribution in [0.5, 0.6) is 11.5 Å². The molecule has 1 aliphatic carbocycles. The van der Waals surface area contributed by atoms with Gasteiger partial charge in [0.2, 0.25) is 11.8 Å². The zero-order valence-corrected chi connectivity index (χ0v) is 30.7. The molecule has 5 aromatic rings. The number of rotatable bonds is 8. The molecule has 0 spiro atoms. The summed E-state index contributed by atoms with van der Waals surface area (Å²) in [7, 11) is 0. The molecular weight excluding hydrogens is 697 g/mol. The minimum atomic E-state index is -0.971. The van der Waals surface area contributed by atoms with E-state index in [1.54, 1.807) is 18.5 Å². The minimum Gasteiger partial charge on any atom is -0.457 e. The van der Waals surface area contributed by atoms with Gasteiger partial charge in [0.15, 0.2) is 5.65 Å². The molecule has 280 valence electrons. The molecule has 9 rings (SSSR count). The fourth-order valence-corrected chi connectivity index (χ4v) is 8.79. The number of benzene rings is 3. The Morgan fingerprint density at radius 3 is 2.24 bits per heavy atom. The standard InChI is InChI=1S/C42H42N8O5/c1-26-36-38(27-10-16-32(17-11-27)55-31-7-3-2-4-8-31)46-50(39(36)44-25-43-26)30-14-12-29(13-15-30)48-22-20-47(21-23-48)24-28-6-5-9-33-37(28)42(54)49(41(33)53)34-18-19-35(51)45-40(34)52/h2-11,16-17,25,29-30,34H,12-15,18-24H2,1H3,(H,45,51,52). The number of fused-ring (bicyclic) bond motifs is 2. The number of hydrogen-bond donors (Lipinski definition) is 1. The third-order valence-corrected chi connectivity index (χ3v) is 11.7. The number of hydrogen-bond acceptors (Lipinski definition) is 10. The summed E-state index contributed by atoms with van der Waals surface area (Å²) in [5.74, 6) is -0.350. The maximum absolute atomic E-state index is 13.6. The average Bonchev–Trinajstić information content (AvgIpc) is 3.72. The summed E-state index contributed by atoms with van der Waals surface area (Å²) in [6.07, 6.45) is 6.01. The Kier molecular flexibility index (Phi) is 9.19. The lowest BCUT2D eigenvalue weighted by Gasteiger charge is -2.42. The van der Waals surface area contributed by atoms with Crippen LogP contribution in [0.15, 0.2) is 79.1 Å². The van der Waals surface area contributed by atoms with Gasteiger partial charge in [-0.15, -0.1) is 0 Å². The number of carbonyl (C=O) groups is 4. The predicted molar refractivity (Wildman–Crippen MR) is 203 cm³/mol. The number of nitrogens with one attached hydrogen (secondary N) is 1. The van der Waals surface area contributed by atoms with Crippen LogP contribution in [-0.2, 0) is 16.1 Å². The van der Waals surface area contributed by atoms with E-state index >= 15 is 0 Å². The maximum atomic E-state index is 13.6. The van der Waals surface area contributed by atoms with Gasteiger partial charge >= 0.3 is 0 Å². The van der Waals surface area contributed by atoms with E-state index < -0.39 is 23.8 Å². The first-order valence-corrected chi connectivity index (χ1v) is 19.2. The van der Waals surface area contributed by atoms with Crippen molar-refractivity contribution >= 4 is 34.7 Å². The second-order valence-electron chi connectivity index (χ2n) is 15.0. The molecule has 0 bridgehead atoms. The van der Waals surface area contributed by atoms with E-state index in [1.165, 1.54) is 0 Å². The molecule has 13 heteroatoms. The van der Waals surface area contributed by atoms with Crippen LogP contribution in [-0.4, -0.2) is 96.3 Å². The van der Waals surface area contributed by atoms with Crippen molar-refractivity contribution in [2.24, 2.45) is 0 Å². The van der Waals surface area contributed by atoms with Crippen LogP contribution in [0.4, 0.5) is 0 Å². The number of imide groups is 2.